The van der Waals surface area contributed by atoms with Gasteiger partial charge in [-0.3, -0.25) is 4.79 Å². The van der Waals surface area contributed by atoms with Gasteiger partial charge in [0.05, 0.1) is 0 Å². The van der Waals surface area contributed by atoms with Gasteiger partial charge < -0.3 is 20.7 Å². The quantitative estimate of drug-likeness (QED) is 0.829. The second-order valence-corrected chi connectivity index (χ2v) is 6.78. The molecule has 1 aliphatic heterocycles. The summed E-state index contributed by atoms with van der Waals surface area (Å²) in [5.74, 6) is -0.816. The zero-order valence-corrected chi connectivity index (χ0v) is 15.6. The maximum atomic E-state index is 13.5. The smallest absolute Gasteiger partial charge is 0.410 e. The molecule has 0 bridgehead atoms. The van der Waals surface area contributed by atoms with E-state index in [1.54, 1.807) is 4.90 Å². The zero-order chi connectivity index (χ0) is 19.9. The number of ether oxygens (including phenoxy) is 1. The first-order valence-corrected chi connectivity index (χ1v) is 9.32. The Bertz CT molecular complexity index is 821. The van der Waals surface area contributed by atoms with Gasteiger partial charge in [-0.2, -0.15) is 0 Å². The standard InChI is InChI=1S/C21H24FN3O3/c22-17-7-6-16(13-23)19(12-17)20(26)24-18-8-10-25(11-9-18)21(27)28-14-15-4-2-1-3-5-15/h1-7,12,18H,8-11,13-14,23H2,(H,24,26). The van der Waals surface area contributed by atoms with Gasteiger partial charge in [0.2, 0.25) is 0 Å². The van der Waals surface area contributed by atoms with Gasteiger partial charge in [0, 0.05) is 31.2 Å². The molecule has 1 fully saturated rings. The number of nitrogens with one attached hydrogen (secondary N) is 1. The van der Waals surface area contributed by atoms with Crippen molar-refractivity contribution in [1.29, 1.82) is 0 Å². The van der Waals surface area contributed by atoms with Crippen LogP contribution in [0.15, 0.2) is 48.5 Å². The average Bonchev–Trinajstić information content (AvgIpc) is 2.73. The number of rotatable bonds is 5. The number of likely N-dealkylation sites (tertiary alicyclic amines) is 1. The van der Waals surface area contributed by atoms with E-state index >= 15 is 0 Å². The minimum atomic E-state index is -0.474. The van der Waals surface area contributed by atoms with Gasteiger partial charge in [-0.25, -0.2) is 9.18 Å². The van der Waals surface area contributed by atoms with Crippen molar-refractivity contribution in [3.05, 3.63) is 71.0 Å². The van der Waals surface area contributed by atoms with E-state index in [2.05, 4.69) is 5.32 Å². The van der Waals surface area contributed by atoms with E-state index in [1.165, 1.54) is 18.2 Å². The molecule has 148 valence electrons. The summed E-state index contributed by atoms with van der Waals surface area (Å²) >= 11 is 0. The summed E-state index contributed by atoms with van der Waals surface area (Å²) in [5.41, 5.74) is 7.42. The SMILES string of the molecule is NCc1ccc(F)cc1C(=O)NC1CCN(C(=O)OCc2ccccc2)CC1. The minimum Gasteiger partial charge on any atom is -0.445 e. The number of nitrogens with two attached hydrogens (primary N) is 1. The summed E-state index contributed by atoms with van der Waals surface area (Å²) in [7, 11) is 0. The lowest BCUT2D eigenvalue weighted by atomic mass is 10.0. The number of amides is 2. The molecule has 2 aromatic rings. The molecule has 0 unspecified atom stereocenters. The number of carbonyl (C=O) groups excluding carboxylic acids is 2. The summed E-state index contributed by atoms with van der Waals surface area (Å²) in [6.07, 6.45) is 0.864. The number of hydrogen-bond acceptors (Lipinski definition) is 4. The summed E-state index contributed by atoms with van der Waals surface area (Å²) in [4.78, 5) is 26.3. The van der Waals surface area contributed by atoms with Crippen molar-refractivity contribution in [1.82, 2.24) is 10.2 Å². The summed E-state index contributed by atoms with van der Waals surface area (Å²) < 4.78 is 18.8. The third-order valence-electron chi connectivity index (χ3n) is 4.83. The van der Waals surface area contributed by atoms with Crippen molar-refractivity contribution in [3.8, 4) is 0 Å². The van der Waals surface area contributed by atoms with Gasteiger partial charge in [-0.15, -0.1) is 0 Å². The largest absolute Gasteiger partial charge is 0.445 e. The molecule has 0 aromatic heterocycles. The highest BCUT2D eigenvalue weighted by Crippen LogP contribution is 2.15. The molecular formula is C21H24FN3O3. The van der Waals surface area contributed by atoms with Gasteiger partial charge in [-0.1, -0.05) is 36.4 Å². The molecule has 28 heavy (non-hydrogen) atoms. The lowest BCUT2D eigenvalue weighted by molar-refractivity contribution is 0.0808. The Morgan fingerprint density at radius 3 is 2.54 bits per heavy atom. The van der Waals surface area contributed by atoms with Gasteiger partial charge in [0.25, 0.3) is 5.91 Å². The van der Waals surface area contributed by atoms with Gasteiger partial charge in [-0.05, 0) is 36.1 Å². The van der Waals surface area contributed by atoms with Crippen molar-refractivity contribution in [2.75, 3.05) is 13.1 Å². The van der Waals surface area contributed by atoms with Crippen LogP contribution >= 0.6 is 0 Å². The van der Waals surface area contributed by atoms with E-state index < -0.39 is 5.82 Å². The van der Waals surface area contributed by atoms with Gasteiger partial charge in [0.15, 0.2) is 0 Å². The third-order valence-corrected chi connectivity index (χ3v) is 4.83. The van der Waals surface area contributed by atoms with Crippen LogP contribution in [0.5, 0.6) is 0 Å². The molecule has 3 rings (SSSR count). The summed E-state index contributed by atoms with van der Waals surface area (Å²) in [6.45, 7) is 1.38. The predicted octanol–water partition coefficient (Wildman–Crippen LogP) is 2.82. The molecule has 1 aliphatic rings. The number of halogens is 1. The van der Waals surface area contributed by atoms with Gasteiger partial charge >= 0.3 is 6.09 Å². The maximum Gasteiger partial charge on any atom is 0.410 e. The molecule has 7 heteroatoms. The van der Waals surface area contributed by atoms with Crippen molar-refractivity contribution in [3.63, 3.8) is 0 Å². The average molecular weight is 385 g/mol. The fourth-order valence-electron chi connectivity index (χ4n) is 3.22. The molecule has 1 saturated heterocycles. The minimum absolute atomic E-state index is 0.0837. The van der Waals surface area contributed by atoms with Crippen LogP contribution in [0.4, 0.5) is 9.18 Å². The monoisotopic (exact) mass is 385 g/mol. The molecule has 6 nitrogen and oxygen atoms in total. The maximum absolute atomic E-state index is 13.5. The normalized spacial score (nSPS) is 14.6. The Kier molecular flexibility index (Phi) is 6.60. The first-order chi connectivity index (χ1) is 13.6. The van der Waals surface area contributed by atoms with Crippen molar-refractivity contribution >= 4 is 12.0 Å². The second kappa shape index (κ2) is 9.32. The molecule has 0 saturated carbocycles. The topological polar surface area (TPSA) is 84.7 Å². The molecule has 2 aromatic carbocycles. The zero-order valence-electron chi connectivity index (χ0n) is 15.6. The number of benzene rings is 2. The number of hydrogen-bond donors (Lipinski definition) is 2. The molecule has 2 amide bonds. The molecular weight excluding hydrogens is 361 g/mol. The van der Waals surface area contributed by atoms with Crippen LogP contribution in [0, 0.1) is 5.82 Å². The lowest BCUT2D eigenvalue weighted by Gasteiger charge is -2.31. The van der Waals surface area contributed by atoms with Crippen LogP contribution in [-0.4, -0.2) is 36.0 Å². The van der Waals surface area contributed by atoms with Crippen molar-refractivity contribution in [2.24, 2.45) is 5.73 Å². The highest BCUT2D eigenvalue weighted by Gasteiger charge is 2.25. The van der Waals surface area contributed by atoms with E-state index in [0.717, 1.165) is 5.56 Å². The van der Waals surface area contributed by atoms with Crippen molar-refractivity contribution < 1.29 is 18.7 Å². The molecule has 0 aliphatic carbocycles. The molecule has 0 radical (unpaired) electrons. The Labute approximate surface area is 163 Å². The first-order valence-electron chi connectivity index (χ1n) is 9.32. The van der Waals surface area contributed by atoms with E-state index in [1.807, 2.05) is 30.3 Å². The van der Waals surface area contributed by atoms with Crippen LogP contribution in [0.1, 0.15) is 34.3 Å². The summed E-state index contributed by atoms with van der Waals surface area (Å²) in [6, 6.07) is 13.4. The van der Waals surface area contributed by atoms with Crippen molar-refractivity contribution in [2.45, 2.75) is 32.0 Å². The third kappa shape index (κ3) is 5.07. The molecule has 0 spiro atoms. The van der Waals surface area contributed by atoms with Gasteiger partial charge in [0.1, 0.15) is 12.4 Å². The van der Waals surface area contributed by atoms with Crippen LogP contribution < -0.4 is 11.1 Å². The molecule has 1 heterocycles. The highest BCUT2D eigenvalue weighted by molar-refractivity contribution is 5.95. The lowest BCUT2D eigenvalue weighted by Crippen LogP contribution is -2.46. The van der Waals surface area contributed by atoms with E-state index in [9.17, 15) is 14.0 Å². The second-order valence-electron chi connectivity index (χ2n) is 6.78. The first kappa shape index (κ1) is 19.8. The van der Waals surface area contributed by atoms with Crippen LogP contribution in [0.3, 0.4) is 0 Å². The highest BCUT2D eigenvalue weighted by atomic mass is 19.1. The Balaban J connectivity index is 1.48. The number of carbonyl (C=O) groups is 2. The predicted molar refractivity (Wildman–Crippen MR) is 103 cm³/mol. The van der Waals surface area contributed by atoms with E-state index in [-0.39, 0.29) is 36.8 Å². The number of nitrogens with zero attached hydrogens (tertiary/aromatic N) is 1. The Morgan fingerprint density at radius 2 is 1.86 bits per heavy atom. The number of piperidine rings is 1. The molecule has 0 atom stereocenters. The molecule has 3 N–H and O–H groups in total. The fraction of sp³-hybridized carbons (Fsp3) is 0.333. The Hall–Kier alpha value is -2.93. The van der Waals surface area contributed by atoms with E-state index in [0.29, 0.717) is 31.5 Å². The van der Waals surface area contributed by atoms with Crippen LogP contribution in [0.2, 0.25) is 0 Å². The summed E-state index contributed by atoms with van der Waals surface area (Å²) in [5, 5.41) is 2.91. The van der Waals surface area contributed by atoms with E-state index in [4.69, 9.17) is 10.5 Å². The van der Waals surface area contributed by atoms with Crippen LogP contribution in [-0.2, 0) is 17.9 Å². The fourth-order valence-corrected chi connectivity index (χ4v) is 3.22. The Morgan fingerprint density at radius 1 is 1.14 bits per heavy atom. The van der Waals surface area contributed by atoms with Crippen LogP contribution in [0.25, 0.3) is 0 Å².